The van der Waals surface area contributed by atoms with Gasteiger partial charge in [-0.3, -0.25) is 0 Å². The molecule has 0 heterocycles. The highest BCUT2D eigenvalue weighted by Gasteiger charge is 2.24. The van der Waals surface area contributed by atoms with Crippen molar-refractivity contribution in [2.75, 3.05) is 0 Å². The third kappa shape index (κ3) is 5.11. The second kappa shape index (κ2) is 9.24. The molecule has 1 fully saturated rings. The van der Waals surface area contributed by atoms with Gasteiger partial charge >= 0.3 is 0 Å². The summed E-state index contributed by atoms with van der Waals surface area (Å²) in [5.74, 6) is 3.70. The van der Waals surface area contributed by atoms with Crippen LogP contribution in [0.3, 0.4) is 0 Å². The number of aryl methyl sites for hydroxylation is 1. The Morgan fingerprint density at radius 3 is 2.48 bits per heavy atom. The summed E-state index contributed by atoms with van der Waals surface area (Å²) in [4.78, 5) is 0. The Kier molecular flexibility index (Phi) is 7.02. The number of hydrogen-bond acceptors (Lipinski definition) is 0. The van der Waals surface area contributed by atoms with E-state index in [0.717, 1.165) is 23.7 Å². The lowest BCUT2D eigenvalue weighted by molar-refractivity contribution is 0.304. The first-order chi connectivity index (χ1) is 12.2. The number of benzene rings is 1. The second-order valence-electron chi connectivity index (χ2n) is 9.25. The quantitative estimate of drug-likeness (QED) is 0.477. The molecule has 1 aromatic carbocycles. The fraction of sp³-hybridized carbons (Fsp3) is 0.760. The molecular weight excluding hydrogens is 300 g/mol. The Hall–Kier alpha value is -0.780. The summed E-state index contributed by atoms with van der Waals surface area (Å²) in [6.45, 7) is 7.09. The fourth-order valence-corrected chi connectivity index (χ4v) is 5.32. The maximum atomic E-state index is 2.60. The smallest absolute Gasteiger partial charge is 0.0162 e. The van der Waals surface area contributed by atoms with E-state index >= 15 is 0 Å². The van der Waals surface area contributed by atoms with Gasteiger partial charge in [0.1, 0.15) is 0 Å². The normalized spacial score (nSPS) is 27.7. The monoisotopic (exact) mass is 340 g/mol. The highest BCUT2D eigenvalue weighted by atomic mass is 14.3. The van der Waals surface area contributed by atoms with Gasteiger partial charge in [-0.1, -0.05) is 64.7 Å². The van der Waals surface area contributed by atoms with Crippen LogP contribution >= 0.6 is 0 Å². The van der Waals surface area contributed by atoms with Crippen LogP contribution in [0.25, 0.3) is 0 Å². The van der Waals surface area contributed by atoms with Crippen LogP contribution in [-0.2, 0) is 12.8 Å². The van der Waals surface area contributed by atoms with Crippen LogP contribution in [0.2, 0.25) is 0 Å². The van der Waals surface area contributed by atoms with Crippen molar-refractivity contribution in [3.63, 3.8) is 0 Å². The van der Waals surface area contributed by atoms with Gasteiger partial charge < -0.3 is 0 Å². The lowest BCUT2D eigenvalue weighted by atomic mass is 9.74. The van der Waals surface area contributed by atoms with Gasteiger partial charge in [0.2, 0.25) is 0 Å². The molecule has 0 spiro atoms. The number of hydrogen-bond donors (Lipinski definition) is 0. The number of unbranched alkanes of at least 4 members (excludes halogenated alkanes) is 1. The van der Waals surface area contributed by atoms with Crippen LogP contribution in [0.4, 0.5) is 0 Å². The summed E-state index contributed by atoms with van der Waals surface area (Å²) in [5.41, 5.74) is 5.01. The molecule has 1 saturated carbocycles. The van der Waals surface area contributed by atoms with Crippen LogP contribution in [0, 0.1) is 17.8 Å². The van der Waals surface area contributed by atoms with E-state index in [2.05, 4.69) is 39.0 Å². The first-order valence-corrected chi connectivity index (χ1v) is 11.3. The van der Waals surface area contributed by atoms with Crippen LogP contribution in [-0.4, -0.2) is 0 Å². The van der Waals surface area contributed by atoms with Crippen molar-refractivity contribution in [3.05, 3.63) is 34.9 Å². The molecule has 25 heavy (non-hydrogen) atoms. The standard InChI is InChI=1S/C25H40/c1-4-6-7-20-8-11-22(12-9-20)24-15-14-23-17-21(16-19(3)5-2)10-13-25(23)18-24/h14-15,18-22H,4-13,16-17H2,1-3H3. The third-order valence-corrected chi connectivity index (χ3v) is 7.28. The lowest BCUT2D eigenvalue weighted by Gasteiger charge is -2.31. The average Bonchev–Trinajstić information content (AvgIpc) is 2.66. The molecule has 140 valence electrons. The molecule has 1 aromatic rings. The maximum Gasteiger partial charge on any atom is -0.0162 e. The first-order valence-electron chi connectivity index (χ1n) is 11.3. The Labute approximate surface area is 156 Å². The zero-order valence-corrected chi connectivity index (χ0v) is 17.0. The summed E-state index contributed by atoms with van der Waals surface area (Å²) in [7, 11) is 0. The molecule has 0 saturated heterocycles. The second-order valence-corrected chi connectivity index (χ2v) is 9.25. The topological polar surface area (TPSA) is 0 Å². The van der Waals surface area contributed by atoms with Crippen LogP contribution in [0.5, 0.6) is 0 Å². The van der Waals surface area contributed by atoms with Crippen molar-refractivity contribution < 1.29 is 0 Å². The Morgan fingerprint density at radius 1 is 0.960 bits per heavy atom. The Balaban J connectivity index is 1.56. The summed E-state index contributed by atoms with van der Waals surface area (Å²) in [5, 5.41) is 0. The van der Waals surface area contributed by atoms with Crippen LogP contribution < -0.4 is 0 Å². The predicted molar refractivity (Wildman–Crippen MR) is 110 cm³/mol. The summed E-state index contributed by atoms with van der Waals surface area (Å²) >= 11 is 0. The van der Waals surface area contributed by atoms with E-state index in [1.165, 1.54) is 77.0 Å². The molecule has 2 aliphatic rings. The molecule has 2 unspecified atom stereocenters. The zero-order valence-electron chi connectivity index (χ0n) is 17.0. The van der Waals surface area contributed by atoms with E-state index in [-0.39, 0.29) is 0 Å². The molecule has 3 rings (SSSR count). The fourth-order valence-electron chi connectivity index (χ4n) is 5.32. The molecule has 0 aromatic heterocycles. The lowest BCUT2D eigenvalue weighted by Crippen LogP contribution is -2.18. The minimum atomic E-state index is 0.848. The highest BCUT2D eigenvalue weighted by Crippen LogP contribution is 2.39. The summed E-state index contributed by atoms with van der Waals surface area (Å²) in [6.07, 6.45) is 16.9. The highest BCUT2D eigenvalue weighted by molar-refractivity contribution is 5.36. The van der Waals surface area contributed by atoms with Crippen molar-refractivity contribution in [2.45, 2.75) is 104 Å². The predicted octanol–water partition coefficient (Wildman–Crippen LogP) is 7.69. The molecule has 0 heteroatoms. The van der Waals surface area contributed by atoms with Gasteiger partial charge in [-0.25, -0.2) is 0 Å². The van der Waals surface area contributed by atoms with Crippen LogP contribution in [0.15, 0.2) is 18.2 Å². The van der Waals surface area contributed by atoms with Crippen molar-refractivity contribution in [3.8, 4) is 0 Å². The molecule has 0 radical (unpaired) electrons. The van der Waals surface area contributed by atoms with Crippen molar-refractivity contribution in [1.29, 1.82) is 0 Å². The molecule has 2 aliphatic carbocycles. The van der Waals surface area contributed by atoms with Gasteiger partial charge in [-0.05, 0) is 91.7 Å². The molecule has 0 N–H and O–H groups in total. The zero-order chi connectivity index (χ0) is 17.6. The summed E-state index contributed by atoms with van der Waals surface area (Å²) < 4.78 is 0. The average molecular weight is 341 g/mol. The van der Waals surface area contributed by atoms with Crippen LogP contribution in [0.1, 0.15) is 108 Å². The molecule has 0 bridgehead atoms. The number of rotatable bonds is 7. The van der Waals surface area contributed by atoms with E-state index in [1.807, 2.05) is 0 Å². The molecule has 0 nitrogen and oxygen atoms in total. The van der Waals surface area contributed by atoms with Crippen molar-refractivity contribution in [1.82, 2.24) is 0 Å². The molecule has 0 aliphatic heterocycles. The van der Waals surface area contributed by atoms with Crippen molar-refractivity contribution in [2.24, 2.45) is 17.8 Å². The third-order valence-electron chi connectivity index (χ3n) is 7.28. The van der Waals surface area contributed by atoms with Gasteiger partial charge in [-0.15, -0.1) is 0 Å². The molecule has 2 atom stereocenters. The van der Waals surface area contributed by atoms with E-state index in [9.17, 15) is 0 Å². The minimum Gasteiger partial charge on any atom is -0.0654 e. The Morgan fingerprint density at radius 2 is 1.76 bits per heavy atom. The van der Waals surface area contributed by atoms with Gasteiger partial charge in [0.15, 0.2) is 0 Å². The van der Waals surface area contributed by atoms with E-state index in [4.69, 9.17) is 0 Å². The van der Waals surface area contributed by atoms with E-state index in [1.54, 1.807) is 16.7 Å². The van der Waals surface area contributed by atoms with E-state index in [0.29, 0.717) is 0 Å². The SMILES string of the molecule is CCCCC1CCC(c2ccc3c(c2)CCC(CC(C)CC)C3)CC1. The number of fused-ring (bicyclic) bond motifs is 1. The first kappa shape index (κ1) is 19.0. The Bertz CT molecular complexity index is 521. The molecular formula is C25H40. The maximum absolute atomic E-state index is 2.60. The van der Waals surface area contributed by atoms with Gasteiger partial charge in [0.25, 0.3) is 0 Å². The van der Waals surface area contributed by atoms with Crippen molar-refractivity contribution >= 4 is 0 Å². The van der Waals surface area contributed by atoms with E-state index < -0.39 is 0 Å². The summed E-state index contributed by atoms with van der Waals surface area (Å²) in [6, 6.07) is 7.59. The minimum absolute atomic E-state index is 0.848. The molecule has 0 amide bonds. The van der Waals surface area contributed by atoms with Gasteiger partial charge in [0, 0.05) is 0 Å². The van der Waals surface area contributed by atoms with Gasteiger partial charge in [0.05, 0.1) is 0 Å². The largest absolute Gasteiger partial charge is 0.0654 e. The van der Waals surface area contributed by atoms with Gasteiger partial charge in [-0.2, -0.15) is 0 Å².